The molecular formula is C15H26N2OSi2. The molecule has 0 heterocycles. The van der Waals surface area contributed by atoms with Crippen LogP contribution in [0.15, 0.2) is 35.4 Å². The Balaban J connectivity index is 2.95. The highest BCUT2D eigenvalue weighted by molar-refractivity contribution is 6.69. The van der Waals surface area contributed by atoms with Crippen molar-refractivity contribution in [3.63, 3.8) is 0 Å². The second-order valence-corrected chi connectivity index (χ2v) is 11.8. The molecule has 0 spiro atoms. The monoisotopic (exact) mass is 306 g/mol. The standard InChI is InChI=1S/C15H26N2OSi2/c1-13(18)11-15(12-14-9-7-6-8-10-14)16-17(19(2)3)20(4)5/h6-10,19-20H,11-12H2,1-5H3. The van der Waals surface area contributed by atoms with Crippen LogP contribution < -0.4 is 0 Å². The molecule has 0 saturated heterocycles. The fourth-order valence-electron chi connectivity index (χ4n) is 2.24. The van der Waals surface area contributed by atoms with Crippen LogP contribution in [-0.4, -0.2) is 33.8 Å². The normalized spacial score (nSPS) is 12.1. The van der Waals surface area contributed by atoms with Crippen LogP contribution in [0.5, 0.6) is 0 Å². The first-order valence-electron chi connectivity index (χ1n) is 7.28. The Morgan fingerprint density at radius 2 is 1.65 bits per heavy atom. The van der Waals surface area contributed by atoms with E-state index < -0.39 is 17.9 Å². The molecule has 1 aromatic rings. The van der Waals surface area contributed by atoms with Crippen LogP contribution in [0.25, 0.3) is 0 Å². The van der Waals surface area contributed by atoms with Gasteiger partial charge in [-0.25, -0.2) is 5.10 Å². The van der Waals surface area contributed by atoms with Crippen LogP contribution in [-0.2, 0) is 11.2 Å². The van der Waals surface area contributed by atoms with E-state index in [9.17, 15) is 4.79 Å². The Hall–Kier alpha value is -1.21. The summed E-state index contributed by atoms with van der Waals surface area (Å²) in [7, 11) is -1.91. The fourth-order valence-corrected chi connectivity index (χ4v) is 7.80. The summed E-state index contributed by atoms with van der Waals surface area (Å²) in [5.74, 6) is 0.190. The van der Waals surface area contributed by atoms with Crippen molar-refractivity contribution in [1.82, 2.24) is 4.34 Å². The Morgan fingerprint density at radius 1 is 1.10 bits per heavy atom. The van der Waals surface area contributed by atoms with Crippen LogP contribution in [0.2, 0.25) is 26.2 Å². The molecule has 0 aromatic heterocycles. The molecule has 0 aliphatic carbocycles. The largest absolute Gasteiger partial charge is 0.355 e. The molecule has 0 N–H and O–H groups in total. The molecule has 20 heavy (non-hydrogen) atoms. The zero-order valence-corrected chi connectivity index (χ0v) is 15.6. The van der Waals surface area contributed by atoms with Gasteiger partial charge in [0.2, 0.25) is 0 Å². The molecule has 0 aliphatic heterocycles. The van der Waals surface area contributed by atoms with Crippen LogP contribution in [0, 0.1) is 0 Å². The molecule has 0 aliphatic rings. The summed E-state index contributed by atoms with van der Waals surface area (Å²) in [5.41, 5.74) is 2.23. The third-order valence-electron chi connectivity index (χ3n) is 3.02. The maximum atomic E-state index is 11.5. The molecule has 3 nitrogen and oxygen atoms in total. The lowest BCUT2D eigenvalue weighted by molar-refractivity contribution is -0.115. The Morgan fingerprint density at radius 3 is 2.10 bits per heavy atom. The van der Waals surface area contributed by atoms with E-state index in [2.05, 4.69) is 42.7 Å². The highest BCUT2D eigenvalue weighted by Gasteiger charge is 2.15. The number of carbonyl (C=O) groups excluding carboxylic acids is 1. The smallest absolute Gasteiger partial charge is 0.144 e. The third-order valence-corrected chi connectivity index (χ3v) is 8.94. The van der Waals surface area contributed by atoms with Crippen molar-refractivity contribution in [3.8, 4) is 0 Å². The van der Waals surface area contributed by atoms with Crippen molar-refractivity contribution in [1.29, 1.82) is 0 Å². The average Bonchev–Trinajstić information content (AvgIpc) is 2.35. The van der Waals surface area contributed by atoms with E-state index >= 15 is 0 Å². The third kappa shape index (κ3) is 5.84. The summed E-state index contributed by atoms with van der Waals surface area (Å²) in [6.45, 7) is 10.8. The Bertz CT molecular complexity index is 450. The number of rotatable bonds is 7. The zero-order valence-electron chi connectivity index (χ0n) is 13.3. The second-order valence-electron chi connectivity index (χ2n) is 5.77. The van der Waals surface area contributed by atoms with Gasteiger partial charge in [0.25, 0.3) is 0 Å². The van der Waals surface area contributed by atoms with Gasteiger partial charge in [-0.1, -0.05) is 56.5 Å². The molecule has 0 amide bonds. The Labute approximate surface area is 126 Å². The molecule has 0 fully saturated rings. The molecule has 0 atom stereocenters. The fraction of sp³-hybridized carbons (Fsp3) is 0.467. The van der Waals surface area contributed by atoms with Gasteiger partial charge >= 0.3 is 0 Å². The minimum Gasteiger partial charge on any atom is -0.355 e. The molecule has 0 radical (unpaired) electrons. The summed E-state index contributed by atoms with van der Waals surface area (Å²) in [4.78, 5) is 11.5. The maximum absolute atomic E-state index is 11.5. The summed E-state index contributed by atoms with van der Waals surface area (Å²) in [5, 5.41) is 4.86. The number of nitrogens with zero attached hydrogens (tertiary/aromatic N) is 2. The first-order valence-corrected chi connectivity index (χ1v) is 12.9. The maximum Gasteiger partial charge on any atom is 0.144 e. The number of carbonyl (C=O) groups is 1. The molecule has 110 valence electrons. The lowest BCUT2D eigenvalue weighted by atomic mass is 10.1. The number of Topliss-reactive ketones (excluding diaryl/α,β-unsaturated/α-hetero) is 1. The van der Waals surface area contributed by atoms with Crippen molar-refractivity contribution < 1.29 is 4.79 Å². The van der Waals surface area contributed by atoms with Crippen LogP contribution in [0.4, 0.5) is 0 Å². The average molecular weight is 307 g/mol. The molecule has 0 unspecified atom stereocenters. The molecule has 0 saturated carbocycles. The molecule has 1 rings (SSSR count). The summed E-state index contributed by atoms with van der Waals surface area (Å²) in [6.07, 6.45) is 1.24. The van der Waals surface area contributed by atoms with Gasteiger partial charge in [0, 0.05) is 18.6 Å². The van der Waals surface area contributed by atoms with Crippen molar-refractivity contribution in [2.45, 2.75) is 46.0 Å². The SMILES string of the molecule is CC(=O)CC(Cc1ccccc1)=NN([SiH](C)C)[SiH](C)C. The molecule has 0 bridgehead atoms. The van der Waals surface area contributed by atoms with E-state index in [0.29, 0.717) is 6.42 Å². The van der Waals surface area contributed by atoms with Crippen LogP contribution in [0.1, 0.15) is 18.9 Å². The zero-order chi connectivity index (χ0) is 15.1. The molecular weight excluding hydrogens is 280 g/mol. The molecule has 5 heteroatoms. The summed E-state index contributed by atoms with van der Waals surface area (Å²) in [6, 6.07) is 10.3. The number of hydrogen-bond donors (Lipinski definition) is 0. The van der Waals surface area contributed by atoms with Gasteiger partial charge in [-0.2, -0.15) is 0 Å². The Kier molecular flexibility index (Phi) is 6.88. The van der Waals surface area contributed by atoms with E-state index in [1.807, 2.05) is 18.2 Å². The van der Waals surface area contributed by atoms with Gasteiger partial charge in [-0.3, -0.25) is 4.79 Å². The van der Waals surface area contributed by atoms with Crippen molar-refractivity contribution >= 4 is 29.4 Å². The lowest BCUT2D eigenvalue weighted by Gasteiger charge is -2.28. The first-order chi connectivity index (χ1) is 9.40. The van der Waals surface area contributed by atoms with Crippen molar-refractivity contribution in [2.24, 2.45) is 5.10 Å². The second kappa shape index (κ2) is 8.16. The van der Waals surface area contributed by atoms with Crippen LogP contribution >= 0.6 is 0 Å². The van der Waals surface area contributed by atoms with E-state index in [4.69, 9.17) is 5.10 Å². The lowest BCUT2D eigenvalue weighted by Crippen LogP contribution is -2.39. The van der Waals surface area contributed by atoms with Gasteiger partial charge in [-0.15, -0.1) is 0 Å². The van der Waals surface area contributed by atoms with E-state index in [-0.39, 0.29) is 5.78 Å². The topological polar surface area (TPSA) is 32.7 Å². The number of ketones is 1. The summed E-state index contributed by atoms with van der Waals surface area (Å²) >= 11 is 0. The quantitative estimate of drug-likeness (QED) is 0.441. The predicted molar refractivity (Wildman–Crippen MR) is 92.5 cm³/mol. The minimum absolute atomic E-state index is 0.190. The van der Waals surface area contributed by atoms with Gasteiger partial charge in [-0.05, 0) is 12.5 Å². The highest BCUT2D eigenvalue weighted by atomic mass is 28.3. The van der Waals surface area contributed by atoms with E-state index in [0.717, 1.165) is 12.1 Å². The van der Waals surface area contributed by atoms with Crippen molar-refractivity contribution in [3.05, 3.63) is 35.9 Å². The van der Waals surface area contributed by atoms with Crippen LogP contribution in [0.3, 0.4) is 0 Å². The molecule has 1 aromatic carbocycles. The minimum atomic E-state index is -0.956. The van der Waals surface area contributed by atoms with Gasteiger partial charge in [0.1, 0.15) is 23.7 Å². The predicted octanol–water partition coefficient (Wildman–Crippen LogP) is 2.83. The van der Waals surface area contributed by atoms with Gasteiger partial charge in [0.05, 0.1) is 0 Å². The first kappa shape index (κ1) is 16.8. The van der Waals surface area contributed by atoms with Gasteiger partial charge < -0.3 is 4.34 Å². The number of hydrogen-bond acceptors (Lipinski definition) is 3. The number of hydrazone groups is 1. The van der Waals surface area contributed by atoms with Crippen molar-refractivity contribution in [2.75, 3.05) is 0 Å². The number of benzene rings is 1. The van der Waals surface area contributed by atoms with E-state index in [1.165, 1.54) is 5.56 Å². The van der Waals surface area contributed by atoms with Gasteiger partial charge in [0.15, 0.2) is 0 Å². The highest BCUT2D eigenvalue weighted by Crippen LogP contribution is 2.08. The van der Waals surface area contributed by atoms with E-state index in [1.54, 1.807) is 6.92 Å². The summed E-state index contributed by atoms with van der Waals surface area (Å²) < 4.78 is 2.35.